The summed E-state index contributed by atoms with van der Waals surface area (Å²) in [5.41, 5.74) is 6.22. The molecule has 0 aromatic carbocycles. The third-order valence-corrected chi connectivity index (χ3v) is 5.43. The molecule has 26 heavy (non-hydrogen) atoms. The van der Waals surface area contributed by atoms with Gasteiger partial charge in [0.2, 0.25) is 0 Å². The van der Waals surface area contributed by atoms with E-state index in [0.717, 1.165) is 6.42 Å². The van der Waals surface area contributed by atoms with Gasteiger partial charge in [-0.3, -0.25) is 4.99 Å². The summed E-state index contributed by atoms with van der Waals surface area (Å²) < 4.78 is 5.64. The van der Waals surface area contributed by atoms with Gasteiger partial charge in [-0.05, 0) is 25.0 Å². The summed E-state index contributed by atoms with van der Waals surface area (Å²) in [6.45, 7) is 4.08. The van der Waals surface area contributed by atoms with Gasteiger partial charge < -0.3 is 30.7 Å². The number of aliphatic imine (C=N–C) groups is 3. The van der Waals surface area contributed by atoms with Gasteiger partial charge in [-0.25, -0.2) is 9.98 Å². The molecule has 3 aliphatic heterocycles. The number of amidine groups is 2. The maximum absolute atomic E-state index is 10.3. The van der Waals surface area contributed by atoms with Gasteiger partial charge in [-0.2, -0.15) is 0 Å². The molecule has 3 rings (SSSR count). The van der Waals surface area contributed by atoms with E-state index >= 15 is 0 Å². The molecule has 9 nitrogen and oxygen atoms in total. The van der Waals surface area contributed by atoms with E-state index in [1.165, 1.54) is 11.8 Å². The van der Waals surface area contributed by atoms with E-state index in [1.54, 1.807) is 4.90 Å². The van der Waals surface area contributed by atoms with Crippen LogP contribution in [-0.4, -0.2) is 86.7 Å². The van der Waals surface area contributed by atoms with Crippen LogP contribution in [0.2, 0.25) is 0 Å². The number of fused-ring (bicyclic) bond motifs is 1. The highest BCUT2D eigenvalue weighted by atomic mass is 32.2. The first-order chi connectivity index (χ1) is 12.3. The molecule has 1 fully saturated rings. The second kappa shape index (κ2) is 7.53. The minimum Gasteiger partial charge on any atom is -0.394 e. The van der Waals surface area contributed by atoms with Crippen LogP contribution in [0.3, 0.4) is 0 Å². The predicted molar refractivity (Wildman–Crippen MR) is 101 cm³/mol. The number of ether oxygens (including phenoxy) is 1. The van der Waals surface area contributed by atoms with Crippen molar-refractivity contribution in [3.8, 4) is 0 Å². The molecule has 3 heterocycles. The maximum Gasteiger partial charge on any atom is 0.186 e. The van der Waals surface area contributed by atoms with E-state index in [-0.39, 0.29) is 13.3 Å². The Kier molecular flexibility index (Phi) is 5.71. The Morgan fingerprint density at radius 3 is 2.69 bits per heavy atom. The molecule has 5 atom stereocenters. The molecule has 0 spiro atoms. The fourth-order valence-corrected chi connectivity index (χ4v) is 3.75. The highest BCUT2D eigenvalue weighted by Crippen LogP contribution is 2.32. The lowest BCUT2D eigenvalue weighted by atomic mass is 9.93. The van der Waals surface area contributed by atoms with Crippen molar-refractivity contribution >= 4 is 28.5 Å². The van der Waals surface area contributed by atoms with Crippen LogP contribution in [0.15, 0.2) is 15.0 Å². The van der Waals surface area contributed by atoms with Crippen molar-refractivity contribution in [2.24, 2.45) is 26.6 Å². The van der Waals surface area contributed by atoms with Crippen molar-refractivity contribution in [1.82, 2.24) is 4.90 Å². The summed E-state index contributed by atoms with van der Waals surface area (Å²) in [6.07, 6.45) is -0.643. The second-order valence-electron chi connectivity index (χ2n) is 7.24. The molecule has 0 aromatic heterocycles. The van der Waals surface area contributed by atoms with Crippen molar-refractivity contribution in [3.63, 3.8) is 0 Å². The van der Waals surface area contributed by atoms with Gasteiger partial charge in [0.15, 0.2) is 22.9 Å². The van der Waals surface area contributed by atoms with Crippen LogP contribution in [0.5, 0.6) is 0 Å². The van der Waals surface area contributed by atoms with E-state index in [1.807, 2.05) is 6.26 Å². The summed E-state index contributed by atoms with van der Waals surface area (Å²) in [7, 11) is 0. The van der Waals surface area contributed by atoms with Crippen molar-refractivity contribution in [2.75, 3.05) is 19.5 Å². The monoisotopic (exact) mass is 385 g/mol. The molecule has 0 aliphatic carbocycles. The summed E-state index contributed by atoms with van der Waals surface area (Å²) in [5, 5.41) is 30.2. The lowest BCUT2D eigenvalue weighted by molar-refractivity contribution is -0.0688. The standard InChI is InChI=1S/C16H27N5O4S/c1-8(2)4-5-16(17)12-13(19-15(20-16)26-3)21(7-18-12)14-11(24)10(23)9(6-22)25-14/h8-11,14,22-24H,4-7,17H2,1-3H3/t9-,10-,11-,14-,16?/m1/s1. The molecule has 146 valence electrons. The Labute approximate surface area is 157 Å². The predicted octanol–water partition coefficient (Wildman–Crippen LogP) is -0.638. The van der Waals surface area contributed by atoms with Crippen molar-refractivity contribution in [3.05, 3.63) is 0 Å². The minimum atomic E-state index is -1.18. The lowest BCUT2D eigenvalue weighted by Crippen LogP contribution is -2.56. The fourth-order valence-electron chi connectivity index (χ4n) is 3.32. The lowest BCUT2D eigenvalue weighted by Gasteiger charge is -2.33. The SMILES string of the molecule is CSC1=NC(N)(CCC(C)C)C2=NCN([C@@H]3O[C@H](CO)[C@@H](O)[C@H]3O)C2=N1. The number of hydrogen-bond donors (Lipinski definition) is 4. The Morgan fingerprint density at radius 2 is 2.12 bits per heavy atom. The van der Waals surface area contributed by atoms with Crippen LogP contribution >= 0.6 is 11.8 Å². The summed E-state index contributed by atoms with van der Waals surface area (Å²) in [4.78, 5) is 15.3. The molecule has 0 saturated carbocycles. The van der Waals surface area contributed by atoms with Crippen LogP contribution in [0.25, 0.3) is 0 Å². The van der Waals surface area contributed by atoms with Gasteiger partial charge in [-0.1, -0.05) is 25.6 Å². The average Bonchev–Trinajstić information content (AvgIpc) is 3.15. The Hall–Kier alpha value is -1.04. The maximum atomic E-state index is 10.3. The normalized spacial score (nSPS) is 36.9. The van der Waals surface area contributed by atoms with Crippen LogP contribution in [0.4, 0.5) is 0 Å². The number of aliphatic hydroxyl groups is 3. The Balaban J connectivity index is 1.87. The van der Waals surface area contributed by atoms with E-state index in [4.69, 9.17) is 10.5 Å². The smallest absolute Gasteiger partial charge is 0.186 e. The van der Waals surface area contributed by atoms with E-state index in [0.29, 0.717) is 29.1 Å². The summed E-state index contributed by atoms with van der Waals surface area (Å²) in [6, 6.07) is 0. The summed E-state index contributed by atoms with van der Waals surface area (Å²) >= 11 is 1.39. The highest BCUT2D eigenvalue weighted by Gasteiger charge is 2.51. The quantitative estimate of drug-likeness (QED) is 0.494. The molecule has 0 bridgehead atoms. The molecule has 0 radical (unpaired) electrons. The molecule has 1 saturated heterocycles. The third-order valence-electron chi connectivity index (χ3n) is 4.88. The van der Waals surface area contributed by atoms with Crippen LogP contribution in [0.1, 0.15) is 26.7 Å². The molecule has 5 N–H and O–H groups in total. The first-order valence-electron chi connectivity index (χ1n) is 8.76. The highest BCUT2D eigenvalue weighted by molar-refractivity contribution is 8.13. The Morgan fingerprint density at radius 1 is 1.38 bits per heavy atom. The molecule has 10 heteroatoms. The number of nitrogens with two attached hydrogens (primary N) is 1. The number of rotatable bonds is 5. The van der Waals surface area contributed by atoms with Gasteiger partial charge in [-0.15, -0.1) is 0 Å². The number of hydrogen-bond acceptors (Lipinski definition) is 10. The number of aliphatic hydroxyl groups excluding tert-OH is 3. The molecule has 0 aromatic rings. The van der Waals surface area contributed by atoms with E-state index in [2.05, 4.69) is 28.8 Å². The fraction of sp³-hybridized carbons (Fsp3) is 0.812. The third kappa shape index (κ3) is 3.41. The molecular formula is C16H27N5O4S. The molecule has 1 unspecified atom stereocenters. The zero-order valence-corrected chi connectivity index (χ0v) is 16.1. The minimum absolute atomic E-state index is 0.207. The van der Waals surface area contributed by atoms with Crippen molar-refractivity contribution in [2.45, 2.75) is 56.9 Å². The topological polar surface area (TPSA) is 136 Å². The van der Waals surface area contributed by atoms with Crippen molar-refractivity contribution < 1.29 is 20.1 Å². The summed E-state index contributed by atoms with van der Waals surface area (Å²) in [5.74, 6) is 0.995. The van der Waals surface area contributed by atoms with Gasteiger partial charge in [0, 0.05) is 0 Å². The van der Waals surface area contributed by atoms with Crippen LogP contribution < -0.4 is 5.73 Å². The first-order valence-corrected chi connectivity index (χ1v) is 9.99. The zero-order valence-electron chi connectivity index (χ0n) is 15.2. The zero-order chi connectivity index (χ0) is 19.1. The van der Waals surface area contributed by atoms with Gasteiger partial charge in [0.05, 0.1) is 6.61 Å². The molecule has 0 amide bonds. The van der Waals surface area contributed by atoms with Gasteiger partial charge in [0.25, 0.3) is 0 Å². The van der Waals surface area contributed by atoms with Crippen LogP contribution in [0, 0.1) is 5.92 Å². The molecular weight excluding hydrogens is 358 g/mol. The number of nitrogens with zero attached hydrogens (tertiary/aromatic N) is 4. The van der Waals surface area contributed by atoms with Crippen LogP contribution in [-0.2, 0) is 4.74 Å². The average molecular weight is 385 g/mol. The van der Waals surface area contributed by atoms with E-state index in [9.17, 15) is 15.3 Å². The molecule has 3 aliphatic rings. The largest absolute Gasteiger partial charge is 0.394 e. The second-order valence-corrected chi connectivity index (χ2v) is 8.01. The van der Waals surface area contributed by atoms with Gasteiger partial charge in [0.1, 0.15) is 30.7 Å². The number of thioether (sulfide) groups is 1. The van der Waals surface area contributed by atoms with Gasteiger partial charge >= 0.3 is 0 Å². The van der Waals surface area contributed by atoms with E-state index < -0.39 is 30.2 Å². The van der Waals surface area contributed by atoms with Crippen molar-refractivity contribution in [1.29, 1.82) is 0 Å². The first kappa shape index (κ1) is 19.7. The Bertz CT molecular complexity index is 640.